The van der Waals surface area contributed by atoms with Gasteiger partial charge in [0, 0.05) is 43.6 Å². The first-order valence-corrected chi connectivity index (χ1v) is 9.27. The molecule has 7 heteroatoms. The number of aromatic nitrogens is 2. The van der Waals surface area contributed by atoms with Gasteiger partial charge in [0.1, 0.15) is 11.9 Å². The van der Waals surface area contributed by atoms with Gasteiger partial charge in [-0.15, -0.1) is 0 Å². The van der Waals surface area contributed by atoms with E-state index in [1.165, 1.54) is 4.70 Å². The highest BCUT2D eigenvalue weighted by Crippen LogP contribution is 2.33. The van der Waals surface area contributed by atoms with Gasteiger partial charge in [0.25, 0.3) is 5.19 Å². The van der Waals surface area contributed by atoms with Crippen LogP contribution >= 0.6 is 22.7 Å². The van der Waals surface area contributed by atoms with Crippen LogP contribution in [0.4, 0.5) is 5.13 Å². The standard InChI is InChI=1S/C16H17N3O2S2/c1-20-12-2-3-14-13(10-12)18-15(23-14)19-7-4-11(5-8-19)21-16-17-6-9-22-16/h2-3,6,9-11H,4-5,7-8H2,1H3. The lowest BCUT2D eigenvalue weighted by atomic mass is 10.1. The van der Waals surface area contributed by atoms with Crippen molar-refractivity contribution < 1.29 is 9.47 Å². The average molecular weight is 347 g/mol. The van der Waals surface area contributed by atoms with Crippen molar-refractivity contribution in [2.75, 3.05) is 25.1 Å². The molecule has 120 valence electrons. The Labute approximate surface area is 142 Å². The van der Waals surface area contributed by atoms with Gasteiger partial charge in [-0.2, -0.15) is 0 Å². The van der Waals surface area contributed by atoms with Crippen LogP contribution in [0.5, 0.6) is 10.9 Å². The molecule has 1 aliphatic rings. The van der Waals surface area contributed by atoms with Crippen molar-refractivity contribution in [2.24, 2.45) is 0 Å². The van der Waals surface area contributed by atoms with Gasteiger partial charge in [0.2, 0.25) is 0 Å². The summed E-state index contributed by atoms with van der Waals surface area (Å²) in [4.78, 5) is 11.3. The minimum Gasteiger partial charge on any atom is -0.497 e. The fourth-order valence-corrected chi connectivity index (χ4v) is 4.28. The van der Waals surface area contributed by atoms with Crippen molar-refractivity contribution in [3.05, 3.63) is 29.8 Å². The molecule has 0 amide bonds. The Morgan fingerprint density at radius 3 is 2.87 bits per heavy atom. The number of nitrogens with zero attached hydrogens (tertiary/aromatic N) is 3. The molecular formula is C16H17N3O2S2. The summed E-state index contributed by atoms with van der Waals surface area (Å²) in [5.74, 6) is 0.852. The molecule has 1 saturated heterocycles. The Balaban J connectivity index is 1.43. The van der Waals surface area contributed by atoms with Crippen LogP contribution < -0.4 is 14.4 Å². The van der Waals surface area contributed by atoms with Gasteiger partial charge in [-0.3, -0.25) is 0 Å². The number of methoxy groups -OCH3 is 1. The summed E-state index contributed by atoms with van der Waals surface area (Å²) in [6.07, 6.45) is 4.04. The molecule has 0 bridgehead atoms. The van der Waals surface area contributed by atoms with E-state index in [9.17, 15) is 0 Å². The molecule has 0 aliphatic carbocycles. The molecule has 3 aromatic rings. The monoisotopic (exact) mass is 347 g/mol. The Bertz CT molecular complexity index is 780. The van der Waals surface area contributed by atoms with E-state index in [1.54, 1.807) is 36.0 Å². The molecule has 5 nitrogen and oxygen atoms in total. The van der Waals surface area contributed by atoms with E-state index < -0.39 is 0 Å². The van der Waals surface area contributed by atoms with Gasteiger partial charge in [-0.05, 0) is 12.1 Å². The molecular weight excluding hydrogens is 330 g/mol. The number of hydrogen-bond acceptors (Lipinski definition) is 7. The highest BCUT2D eigenvalue weighted by molar-refractivity contribution is 7.22. The minimum atomic E-state index is 0.256. The number of anilines is 1. The van der Waals surface area contributed by atoms with Crippen LogP contribution in [0.15, 0.2) is 29.8 Å². The van der Waals surface area contributed by atoms with Gasteiger partial charge >= 0.3 is 0 Å². The smallest absolute Gasteiger partial charge is 0.273 e. The SMILES string of the molecule is COc1ccc2sc(N3CCC(Oc4nccs4)CC3)nc2c1. The van der Waals surface area contributed by atoms with Crippen LogP contribution in [0, 0.1) is 0 Å². The zero-order chi connectivity index (χ0) is 15.6. The number of rotatable bonds is 4. The summed E-state index contributed by atoms with van der Waals surface area (Å²) < 4.78 is 12.4. The van der Waals surface area contributed by atoms with E-state index in [4.69, 9.17) is 14.5 Å². The first-order chi connectivity index (χ1) is 11.3. The summed E-state index contributed by atoms with van der Waals surface area (Å²) in [6.45, 7) is 1.93. The van der Waals surface area contributed by atoms with Crippen LogP contribution in [-0.4, -0.2) is 36.3 Å². The quantitative estimate of drug-likeness (QED) is 0.718. The van der Waals surface area contributed by atoms with Gasteiger partial charge in [-0.25, -0.2) is 9.97 Å². The predicted octanol–water partition coefficient (Wildman–Crippen LogP) is 3.81. The van der Waals surface area contributed by atoms with Crippen LogP contribution in [-0.2, 0) is 0 Å². The summed E-state index contributed by atoms with van der Waals surface area (Å²) in [5.41, 5.74) is 1.01. The van der Waals surface area contributed by atoms with E-state index in [0.29, 0.717) is 0 Å². The highest BCUT2D eigenvalue weighted by atomic mass is 32.1. The Kier molecular flexibility index (Phi) is 4.05. The van der Waals surface area contributed by atoms with Crippen molar-refractivity contribution in [2.45, 2.75) is 18.9 Å². The number of benzene rings is 1. The molecule has 0 atom stereocenters. The summed E-state index contributed by atoms with van der Waals surface area (Å²) in [5, 5.41) is 3.80. The van der Waals surface area contributed by atoms with Crippen molar-refractivity contribution in [1.82, 2.24) is 9.97 Å². The molecule has 0 unspecified atom stereocenters. The zero-order valence-electron chi connectivity index (χ0n) is 12.8. The second-order valence-corrected chi connectivity index (χ2v) is 7.30. The van der Waals surface area contributed by atoms with Gasteiger partial charge in [-0.1, -0.05) is 22.7 Å². The van der Waals surface area contributed by atoms with E-state index in [-0.39, 0.29) is 6.10 Å². The van der Waals surface area contributed by atoms with Gasteiger partial charge in [0.05, 0.1) is 17.3 Å². The highest BCUT2D eigenvalue weighted by Gasteiger charge is 2.23. The third-order valence-corrected chi connectivity index (χ3v) is 5.73. The Morgan fingerprint density at radius 1 is 1.26 bits per heavy atom. The molecule has 0 saturated carbocycles. The lowest BCUT2D eigenvalue weighted by Crippen LogP contribution is -2.38. The van der Waals surface area contributed by atoms with Crippen LogP contribution in [0.1, 0.15) is 12.8 Å². The number of fused-ring (bicyclic) bond motifs is 1. The number of thiazole rings is 2. The van der Waals surface area contributed by atoms with Gasteiger partial charge in [0.15, 0.2) is 5.13 Å². The normalized spacial score (nSPS) is 16.0. The van der Waals surface area contributed by atoms with Crippen molar-refractivity contribution in [1.29, 1.82) is 0 Å². The van der Waals surface area contributed by atoms with E-state index >= 15 is 0 Å². The molecule has 2 aromatic heterocycles. The van der Waals surface area contributed by atoms with Crippen molar-refractivity contribution in [3.63, 3.8) is 0 Å². The fraction of sp³-hybridized carbons (Fsp3) is 0.375. The summed E-state index contributed by atoms with van der Waals surface area (Å²) in [7, 11) is 1.68. The van der Waals surface area contributed by atoms with Crippen molar-refractivity contribution in [3.8, 4) is 10.9 Å². The fourth-order valence-electron chi connectivity index (χ4n) is 2.73. The molecule has 0 N–H and O–H groups in total. The maximum Gasteiger partial charge on any atom is 0.273 e. The molecule has 1 fully saturated rings. The molecule has 1 aromatic carbocycles. The summed E-state index contributed by atoms with van der Waals surface area (Å²) in [6, 6.07) is 6.06. The number of hydrogen-bond donors (Lipinski definition) is 0. The molecule has 4 rings (SSSR count). The van der Waals surface area contributed by atoms with E-state index in [0.717, 1.165) is 47.5 Å². The maximum absolute atomic E-state index is 5.92. The summed E-state index contributed by atoms with van der Waals surface area (Å²) >= 11 is 3.29. The predicted molar refractivity (Wildman–Crippen MR) is 94.1 cm³/mol. The van der Waals surface area contributed by atoms with Crippen molar-refractivity contribution >= 4 is 38.0 Å². The Morgan fingerprint density at radius 2 is 2.13 bits per heavy atom. The van der Waals surface area contributed by atoms with E-state index in [2.05, 4.69) is 16.0 Å². The third-order valence-electron chi connectivity index (χ3n) is 3.97. The largest absolute Gasteiger partial charge is 0.497 e. The van der Waals surface area contributed by atoms with Crippen LogP contribution in [0.3, 0.4) is 0 Å². The molecule has 0 radical (unpaired) electrons. The third kappa shape index (κ3) is 3.11. The van der Waals surface area contributed by atoms with Crippen LogP contribution in [0.2, 0.25) is 0 Å². The van der Waals surface area contributed by atoms with Crippen LogP contribution in [0.25, 0.3) is 10.2 Å². The maximum atomic E-state index is 5.92. The zero-order valence-corrected chi connectivity index (χ0v) is 14.4. The Hall–Kier alpha value is -1.86. The number of ether oxygens (including phenoxy) is 2. The van der Waals surface area contributed by atoms with Gasteiger partial charge < -0.3 is 14.4 Å². The molecule has 3 heterocycles. The second kappa shape index (κ2) is 6.33. The molecule has 23 heavy (non-hydrogen) atoms. The first kappa shape index (κ1) is 14.7. The topological polar surface area (TPSA) is 47.5 Å². The molecule has 1 aliphatic heterocycles. The lowest BCUT2D eigenvalue weighted by molar-refractivity contribution is 0.170. The number of piperidine rings is 1. The molecule has 0 spiro atoms. The average Bonchev–Trinajstić information content (AvgIpc) is 3.24. The van der Waals surface area contributed by atoms with E-state index in [1.807, 2.05) is 17.5 Å². The minimum absolute atomic E-state index is 0.256. The first-order valence-electron chi connectivity index (χ1n) is 7.57. The lowest BCUT2D eigenvalue weighted by Gasteiger charge is -2.31. The second-order valence-electron chi connectivity index (χ2n) is 5.43.